The van der Waals surface area contributed by atoms with E-state index in [1.807, 2.05) is 49.4 Å². The van der Waals surface area contributed by atoms with Gasteiger partial charge in [0, 0.05) is 11.1 Å². The fourth-order valence-electron chi connectivity index (χ4n) is 2.23. The van der Waals surface area contributed by atoms with Crippen LogP contribution < -0.4 is 10.5 Å². The third-order valence-corrected chi connectivity index (χ3v) is 3.14. The summed E-state index contributed by atoms with van der Waals surface area (Å²) in [5.41, 5.74) is 8.30. The Labute approximate surface area is 108 Å². The molecule has 1 unspecified atom stereocenters. The van der Waals surface area contributed by atoms with Gasteiger partial charge in [0.1, 0.15) is 5.75 Å². The third-order valence-electron chi connectivity index (χ3n) is 3.14. The van der Waals surface area contributed by atoms with Crippen LogP contribution in [0.5, 0.6) is 5.75 Å². The second kappa shape index (κ2) is 5.23. The van der Waals surface area contributed by atoms with Crippen LogP contribution in [0.2, 0.25) is 0 Å². The molecule has 2 aromatic rings. The van der Waals surface area contributed by atoms with E-state index in [9.17, 15) is 0 Å². The molecular formula is C16H19NO. The quantitative estimate of drug-likeness (QED) is 0.892. The maximum atomic E-state index is 6.47. The summed E-state index contributed by atoms with van der Waals surface area (Å²) in [7, 11) is 1.68. The van der Waals surface area contributed by atoms with E-state index in [0.29, 0.717) is 0 Å². The summed E-state index contributed by atoms with van der Waals surface area (Å²) < 4.78 is 5.39. The lowest BCUT2D eigenvalue weighted by atomic mass is 9.86. The first-order valence-corrected chi connectivity index (χ1v) is 6.10. The normalized spacial score (nSPS) is 13.9. The Balaban J connectivity index is 2.30. The van der Waals surface area contributed by atoms with Gasteiger partial charge in [0.2, 0.25) is 0 Å². The first kappa shape index (κ1) is 12.7. The van der Waals surface area contributed by atoms with E-state index >= 15 is 0 Å². The van der Waals surface area contributed by atoms with Crippen molar-refractivity contribution >= 4 is 0 Å². The van der Waals surface area contributed by atoms with E-state index < -0.39 is 5.54 Å². The maximum Gasteiger partial charge on any atom is 0.123 e. The highest BCUT2D eigenvalue weighted by Gasteiger charge is 2.24. The number of nitrogens with two attached hydrogens (primary N) is 1. The van der Waals surface area contributed by atoms with Gasteiger partial charge in [-0.2, -0.15) is 0 Å². The minimum Gasteiger partial charge on any atom is -0.496 e. The van der Waals surface area contributed by atoms with Gasteiger partial charge in [0.15, 0.2) is 0 Å². The molecule has 0 aromatic heterocycles. The highest BCUT2D eigenvalue weighted by molar-refractivity contribution is 5.39. The molecule has 94 valence electrons. The van der Waals surface area contributed by atoms with Crippen LogP contribution in [0.25, 0.3) is 0 Å². The monoisotopic (exact) mass is 241 g/mol. The number of rotatable bonds is 4. The highest BCUT2D eigenvalue weighted by atomic mass is 16.5. The largest absolute Gasteiger partial charge is 0.496 e. The Hall–Kier alpha value is -1.80. The number of methoxy groups -OCH3 is 1. The van der Waals surface area contributed by atoms with Gasteiger partial charge < -0.3 is 10.5 Å². The summed E-state index contributed by atoms with van der Waals surface area (Å²) in [5.74, 6) is 0.846. The molecule has 0 aliphatic heterocycles. The molecule has 18 heavy (non-hydrogen) atoms. The lowest BCUT2D eigenvalue weighted by Crippen LogP contribution is -2.35. The van der Waals surface area contributed by atoms with Crippen molar-refractivity contribution in [2.75, 3.05) is 7.11 Å². The van der Waals surface area contributed by atoms with E-state index in [-0.39, 0.29) is 0 Å². The summed E-state index contributed by atoms with van der Waals surface area (Å²) in [6.45, 7) is 2.04. The summed E-state index contributed by atoms with van der Waals surface area (Å²) in [5, 5.41) is 0. The molecule has 2 N–H and O–H groups in total. The Morgan fingerprint density at radius 2 is 1.61 bits per heavy atom. The van der Waals surface area contributed by atoms with Gasteiger partial charge >= 0.3 is 0 Å². The molecule has 0 amide bonds. The summed E-state index contributed by atoms with van der Waals surface area (Å²) in [6.07, 6.45) is 0.786. The molecule has 2 rings (SSSR count). The molecule has 0 spiro atoms. The van der Waals surface area contributed by atoms with Gasteiger partial charge in [0.25, 0.3) is 0 Å². The summed E-state index contributed by atoms with van der Waals surface area (Å²) in [6, 6.07) is 18.2. The Morgan fingerprint density at radius 3 is 2.28 bits per heavy atom. The first-order chi connectivity index (χ1) is 8.63. The van der Waals surface area contributed by atoms with Gasteiger partial charge in [-0.3, -0.25) is 0 Å². The number of benzene rings is 2. The second-order valence-electron chi connectivity index (χ2n) is 4.78. The van der Waals surface area contributed by atoms with Crippen molar-refractivity contribution < 1.29 is 4.74 Å². The van der Waals surface area contributed by atoms with Gasteiger partial charge in [-0.1, -0.05) is 48.5 Å². The van der Waals surface area contributed by atoms with Crippen molar-refractivity contribution in [1.29, 1.82) is 0 Å². The number of hydrogen-bond donors (Lipinski definition) is 1. The Bertz CT molecular complexity index is 506. The molecule has 1 atom stereocenters. The molecule has 2 aromatic carbocycles. The van der Waals surface area contributed by atoms with Gasteiger partial charge in [-0.15, -0.1) is 0 Å². The zero-order valence-electron chi connectivity index (χ0n) is 10.9. The minimum absolute atomic E-state index is 0.437. The molecule has 0 fully saturated rings. The van der Waals surface area contributed by atoms with Crippen molar-refractivity contribution in [3.8, 4) is 5.75 Å². The second-order valence-corrected chi connectivity index (χ2v) is 4.78. The molecular weight excluding hydrogens is 222 g/mol. The lowest BCUT2D eigenvalue weighted by Gasteiger charge is -2.27. The highest BCUT2D eigenvalue weighted by Crippen LogP contribution is 2.30. The molecule has 0 radical (unpaired) electrons. The first-order valence-electron chi connectivity index (χ1n) is 6.10. The molecule has 0 heterocycles. The van der Waals surface area contributed by atoms with E-state index in [0.717, 1.165) is 17.7 Å². The third kappa shape index (κ3) is 2.71. The van der Waals surface area contributed by atoms with Crippen LogP contribution in [-0.4, -0.2) is 7.11 Å². The molecule has 0 bridgehead atoms. The summed E-state index contributed by atoms with van der Waals surface area (Å²) >= 11 is 0. The zero-order chi connectivity index (χ0) is 13.0. The van der Waals surface area contributed by atoms with Gasteiger partial charge in [-0.05, 0) is 25.0 Å². The van der Waals surface area contributed by atoms with Crippen LogP contribution in [0, 0.1) is 0 Å². The van der Waals surface area contributed by atoms with Crippen molar-refractivity contribution in [2.24, 2.45) is 5.73 Å². The maximum absolute atomic E-state index is 6.47. The van der Waals surface area contributed by atoms with Crippen LogP contribution in [0.15, 0.2) is 54.6 Å². The number of ether oxygens (including phenoxy) is 1. The van der Waals surface area contributed by atoms with Crippen LogP contribution in [0.3, 0.4) is 0 Å². The molecule has 2 nitrogen and oxygen atoms in total. The van der Waals surface area contributed by atoms with E-state index in [4.69, 9.17) is 10.5 Å². The fourth-order valence-corrected chi connectivity index (χ4v) is 2.23. The van der Waals surface area contributed by atoms with Crippen LogP contribution in [-0.2, 0) is 12.0 Å². The molecule has 0 aliphatic rings. The average Bonchev–Trinajstić information content (AvgIpc) is 2.39. The molecule has 2 heteroatoms. The van der Waals surface area contributed by atoms with Gasteiger partial charge in [-0.25, -0.2) is 0 Å². The molecule has 0 saturated carbocycles. The van der Waals surface area contributed by atoms with Crippen molar-refractivity contribution in [1.82, 2.24) is 0 Å². The van der Waals surface area contributed by atoms with Crippen LogP contribution >= 0.6 is 0 Å². The Kier molecular flexibility index (Phi) is 3.68. The molecule has 0 saturated heterocycles. The number of para-hydroxylation sites is 1. The zero-order valence-corrected chi connectivity index (χ0v) is 10.9. The van der Waals surface area contributed by atoms with E-state index in [1.54, 1.807) is 7.11 Å². The lowest BCUT2D eigenvalue weighted by molar-refractivity contribution is 0.386. The standard InChI is InChI=1S/C16H19NO/c1-16(17,12-13-8-4-3-5-9-13)14-10-6-7-11-15(14)18-2/h3-11H,12,17H2,1-2H3. The van der Waals surface area contributed by atoms with Gasteiger partial charge in [0.05, 0.1) is 7.11 Å². The van der Waals surface area contributed by atoms with E-state index in [1.165, 1.54) is 5.56 Å². The fraction of sp³-hybridized carbons (Fsp3) is 0.250. The van der Waals surface area contributed by atoms with Crippen LogP contribution in [0.4, 0.5) is 0 Å². The van der Waals surface area contributed by atoms with Crippen LogP contribution in [0.1, 0.15) is 18.1 Å². The molecule has 0 aliphatic carbocycles. The summed E-state index contributed by atoms with van der Waals surface area (Å²) in [4.78, 5) is 0. The SMILES string of the molecule is COc1ccccc1C(C)(N)Cc1ccccc1. The Morgan fingerprint density at radius 1 is 1.00 bits per heavy atom. The van der Waals surface area contributed by atoms with E-state index in [2.05, 4.69) is 12.1 Å². The van der Waals surface area contributed by atoms with Crippen molar-refractivity contribution in [3.63, 3.8) is 0 Å². The minimum atomic E-state index is -0.437. The topological polar surface area (TPSA) is 35.2 Å². The average molecular weight is 241 g/mol. The predicted molar refractivity (Wildman–Crippen MR) is 74.7 cm³/mol. The van der Waals surface area contributed by atoms with Crippen molar-refractivity contribution in [2.45, 2.75) is 18.9 Å². The predicted octanol–water partition coefficient (Wildman–Crippen LogP) is 3.11. The number of hydrogen-bond acceptors (Lipinski definition) is 2. The van der Waals surface area contributed by atoms with Crippen molar-refractivity contribution in [3.05, 3.63) is 65.7 Å². The smallest absolute Gasteiger partial charge is 0.123 e.